The van der Waals surface area contributed by atoms with Gasteiger partial charge in [-0.15, -0.1) is 0 Å². The summed E-state index contributed by atoms with van der Waals surface area (Å²) in [5.41, 5.74) is 0.637. The number of ether oxygens (including phenoxy) is 7. The highest BCUT2D eigenvalue weighted by Crippen LogP contribution is 2.30. The Morgan fingerprint density at radius 3 is 2.36 bits per heavy atom. The molecule has 1 aromatic heterocycles. The number of nitrogens with zero attached hydrogens (tertiary/aromatic N) is 1. The molecule has 0 aliphatic carbocycles. The number of methoxy groups -OCH3 is 1. The molecule has 1 aliphatic rings. The summed E-state index contributed by atoms with van der Waals surface area (Å²) in [6.07, 6.45) is -0.914. The number of nitrogens with one attached hydrogen (secondary N) is 1. The maximum Gasteiger partial charge on any atom is 0.332 e. The smallest absolute Gasteiger partial charge is 0.332 e. The SMILES string of the molecule is COc1ccnc(C(=O)N[C@H]2COC(=O)[C@H](CCOCc3ccccc3)[C@@H](OC(=O)C(C)C)[C@H](C)OC2=O)c1OCOC(=O)C(C)C. The van der Waals surface area contributed by atoms with Crippen molar-refractivity contribution in [3.05, 3.63) is 53.9 Å². The lowest BCUT2D eigenvalue weighted by Gasteiger charge is -2.29. The van der Waals surface area contributed by atoms with E-state index in [4.69, 9.17) is 33.2 Å². The quantitative estimate of drug-likeness (QED) is 0.136. The fourth-order valence-electron chi connectivity index (χ4n) is 4.37. The van der Waals surface area contributed by atoms with Crippen molar-refractivity contribution in [3.8, 4) is 11.5 Å². The molecular formula is C33H42N2O12. The fraction of sp³-hybridized carbons (Fsp3) is 0.515. The predicted octanol–water partition coefficient (Wildman–Crippen LogP) is 3.00. The van der Waals surface area contributed by atoms with E-state index in [0.29, 0.717) is 6.61 Å². The van der Waals surface area contributed by atoms with Crippen LogP contribution in [0.2, 0.25) is 0 Å². The standard InChI is InChI=1S/C33H42N2O12/c1-19(2)30(37)45-18-44-28-25(41-6)12-14-34-26(28)29(36)35-24-17-43-32(39)23(13-15-42-16-22-10-8-7-9-11-22)27(21(5)46-33(24)40)47-31(38)20(3)4/h7-12,14,19-21,23-24,27H,13,15-18H2,1-6H3,(H,35,36)/t21-,23+,24-,27-/m0/s1. The van der Waals surface area contributed by atoms with Gasteiger partial charge in [-0.25, -0.2) is 9.78 Å². The van der Waals surface area contributed by atoms with E-state index < -0.39 is 79.2 Å². The first kappa shape index (κ1) is 36.7. The summed E-state index contributed by atoms with van der Waals surface area (Å²) >= 11 is 0. The number of aromatic nitrogens is 1. The lowest BCUT2D eigenvalue weighted by atomic mass is 9.94. The number of amides is 1. The van der Waals surface area contributed by atoms with Gasteiger partial charge in [0.2, 0.25) is 6.79 Å². The number of benzene rings is 1. The van der Waals surface area contributed by atoms with Gasteiger partial charge in [-0.1, -0.05) is 58.0 Å². The van der Waals surface area contributed by atoms with Crippen molar-refractivity contribution >= 4 is 29.8 Å². The van der Waals surface area contributed by atoms with Gasteiger partial charge in [-0.3, -0.25) is 19.2 Å². The Labute approximate surface area is 273 Å². The average molecular weight is 659 g/mol. The van der Waals surface area contributed by atoms with Crippen molar-refractivity contribution in [2.75, 3.05) is 27.1 Å². The monoisotopic (exact) mass is 658 g/mol. The third kappa shape index (κ3) is 10.7. The summed E-state index contributed by atoms with van der Waals surface area (Å²) in [6.45, 7) is 7.33. The first-order chi connectivity index (χ1) is 22.4. The molecular weight excluding hydrogens is 616 g/mol. The molecule has 0 radical (unpaired) electrons. The first-order valence-corrected chi connectivity index (χ1v) is 15.2. The van der Waals surface area contributed by atoms with Gasteiger partial charge in [0, 0.05) is 18.9 Å². The van der Waals surface area contributed by atoms with Gasteiger partial charge in [0.1, 0.15) is 12.7 Å². The lowest BCUT2D eigenvalue weighted by Crippen LogP contribution is -2.47. The number of hydrogen-bond donors (Lipinski definition) is 1. The summed E-state index contributed by atoms with van der Waals surface area (Å²) in [7, 11) is 1.34. The van der Waals surface area contributed by atoms with Crippen LogP contribution < -0.4 is 14.8 Å². The van der Waals surface area contributed by atoms with Gasteiger partial charge >= 0.3 is 23.9 Å². The molecule has 0 bridgehead atoms. The van der Waals surface area contributed by atoms with E-state index in [1.165, 1.54) is 26.3 Å². The highest BCUT2D eigenvalue weighted by atomic mass is 16.7. The molecule has 1 fully saturated rings. The van der Waals surface area contributed by atoms with Gasteiger partial charge in [-0.05, 0) is 18.9 Å². The molecule has 1 saturated heterocycles. The highest BCUT2D eigenvalue weighted by molar-refractivity contribution is 5.98. The molecule has 0 unspecified atom stereocenters. The fourth-order valence-corrected chi connectivity index (χ4v) is 4.37. The molecule has 4 atom stereocenters. The number of esters is 4. The minimum Gasteiger partial charge on any atom is -0.493 e. The zero-order chi connectivity index (χ0) is 34.5. The van der Waals surface area contributed by atoms with Crippen molar-refractivity contribution in [1.29, 1.82) is 0 Å². The van der Waals surface area contributed by atoms with Crippen molar-refractivity contribution in [2.45, 2.75) is 65.9 Å². The Balaban J connectivity index is 1.78. The second-order valence-electron chi connectivity index (χ2n) is 11.4. The molecule has 1 aromatic carbocycles. The molecule has 1 amide bonds. The van der Waals surface area contributed by atoms with Crippen molar-refractivity contribution in [2.24, 2.45) is 17.8 Å². The third-order valence-electron chi connectivity index (χ3n) is 7.03. The molecule has 14 nitrogen and oxygen atoms in total. The number of hydrogen-bond acceptors (Lipinski definition) is 13. The summed E-state index contributed by atoms with van der Waals surface area (Å²) < 4.78 is 38.4. The van der Waals surface area contributed by atoms with Crippen molar-refractivity contribution in [3.63, 3.8) is 0 Å². The van der Waals surface area contributed by atoms with E-state index in [1.54, 1.807) is 27.7 Å². The van der Waals surface area contributed by atoms with Crippen LogP contribution in [0.4, 0.5) is 0 Å². The highest BCUT2D eigenvalue weighted by Gasteiger charge is 2.42. The molecule has 0 saturated carbocycles. The minimum atomic E-state index is -1.47. The van der Waals surface area contributed by atoms with Crippen LogP contribution in [0.25, 0.3) is 0 Å². The van der Waals surface area contributed by atoms with E-state index in [-0.39, 0.29) is 30.2 Å². The topological polar surface area (TPSA) is 175 Å². The van der Waals surface area contributed by atoms with Gasteiger partial charge < -0.3 is 38.5 Å². The van der Waals surface area contributed by atoms with Crippen LogP contribution in [0.15, 0.2) is 42.6 Å². The normalized spacial score (nSPS) is 19.8. The van der Waals surface area contributed by atoms with Crippen molar-refractivity contribution < 1.29 is 57.1 Å². The van der Waals surface area contributed by atoms with Crippen LogP contribution in [0.5, 0.6) is 11.5 Å². The molecule has 256 valence electrons. The Morgan fingerprint density at radius 2 is 1.70 bits per heavy atom. The Morgan fingerprint density at radius 1 is 1.00 bits per heavy atom. The predicted molar refractivity (Wildman–Crippen MR) is 164 cm³/mol. The maximum absolute atomic E-state index is 13.4. The van der Waals surface area contributed by atoms with Crippen LogP contribution in [-0.2, 0) is 49.5 Å². The first-order valence-electron chi connectivity index (χ1n) is 15.2. The second kappa shape index (κ2) is 17.8. The zero-order valence-corrected chi connectivity index (χ0v) is 27.4. The van der Waals surface area contributed by atoms with E-state index in [2.05, 4.69) is 10.3 Å². The summed E-state index contributed by atoms with van der Waals surface area (Å²) in [5, 5.41) is 2.46. The Hall–Kier alpha value is -4.72. The molecule has 1 N–H and O–H groups in total. The number of cyclic esters (lactones) is 2. The lowest BCUT2D eigenvalue weighted by molar-refractivity contribution is -0.177. The van der Waals surface area contributed by atoms with Crippen LogP contribution in [-0.4, -0.2) is 80.1 Å². The maximum atomic E-state index is 13.4. The molecule has 1 aliphatic heterocycles. The summed E-state index contributed by atoms with van der Waals surface area (Å²) in [4.78, 5) is 68.6. The molecule has 47 heavy (non-hydrogen) atoms. The number of pyridine rings is 1. The van der Waals surface area contributed by atoms with Gasteiger partial charge in [0.25, 0.3) is 5.91 Å². The number of carbonyl (C=O) groups is 5. The molecule has 0 spiro atoms. The van der Waals surface area contributed by atoms with E-state index in [0.717, 1.165) is 5.56 Å². The molecule has 14 heteroatoms. The van der Waals surface area contributed by atoms with E-state index >= 15 is 0 Å². The zero-order valence-electron chi connectivity index (χ0n) is 27.4. The Bertz CT molecular complexity index is 1380. The van der Waals surface area contributed by atoms with Crippen LogP contribution in [0.1, 0.15) is 57.1 Å². The summed E-state index contributed by atoms with van der Waals surface area (Å²) in [5.74, 6) is -5.75. The van der Waals surface area contributed by atoms with Gasteiger partial charge in [-0.2, -0.15) is 0 Å². The van der Waals surface area contributed by atoms with E-state index in [1.807, 2.05) is 30.3 Å². The molecule has 2 heterocycles. The third-order valence-corrected chi connectivity index (χ3v) is 7.03. The van der Waals surface area contributed by atoms with E-state index in [9.17, 15) is 24.0 Å². The molecule has 2 aromatic rings. The van der Waals surface area contributed by atoms with Crippen LogP contribution in [0, 0.1) is 17.8 Å². The average Bonchev–Trinajstić information content (AvgIpc) is 3.08. The van der Waals surface area contributed by atoms with Crippen LogP contribution in [0.3, 0.4) is 0 Å². The largest absolute Gasteiger partial charge is 0.493 e. The number of rotatable bonds is 14. The van der Waals surface area contributed by atoms with Crippen LogP contribution >= 0.6 is 0 Å². The minimum absolute atomic E-state index is 0.0937. The number of carbonyl (C=O) groups excluding carboxylic acids is 5. The van der Waals surface area contributed by atoms with Crippen molar-refractivity contribution in [1.82, 2.24) is 10.3 Å². The van der Waals surface area contributed by atoms with Gasteiger partial charge in [0.05, 0.1) is 31.5 Å². The van der Waals surface area contributed by atoms with Gasteiger partial charge in [0.15, 0.2) is 29.3 Å². The summed E-state index contributed by atoms with van der Waals surface area (Å²) in [6, 6.07) is 9.40. The molecule has 3 rings (SSSR count). The Kier molecular flexibility index (Phi) is 13.9. The second-order valence-corrected chi connectivity index (χ2v) is 11.4.